The van der Waals surface area contributed by atoms with Crippen molar-refractivity contribution in [3.8, 4) is 6.07 Å². The number of benzene rings is 1. The van der Waals surface area contributed by atoms with E-state index in [1.165, 1.54) is 0 Å². The second-order valence-electron chi connectivity index (χ2n) is 9.00. The van der Waals surface area contributed by atoms with Gasteiger partial charge >= 0.3 is 7.12 Å². The van der Waals surface area contributed by atoms with E-state index in [0.29, 0.717) is 10.6 Å². The number of aliphatic hydroxyl groups is 1. The number of hydrogen-bond donors (Lipinski definition) is 1. The first-order chi connectivity index (χ1) is 13.1. The van der Waals surface area contributed by atoms with Crippen LogP contribution in [-0.2, 0) is 9.31 Å². The van der Waals surface area contributed by atoms with Gasteiger partial charge in [0.05, 0.1) is 27.9 Å². The third kappa shape index (κ3) is 3.15. The molecule has 28 heavy (non-hydrogen) atoms. The molecule has 7 heteroatoms. The van der Waals surface area contributed by atoms with Gasteiger partial charge < -0.3 is 19.0 Å². The Morgan fingerprint density at radius 2 is 1.75 bits per heavy atom. The van der Waals surface area contributed by atoms with Gasteiger partial charge in [-0.3, -0.25) is 0 Å². The maximum Gasteiger partial charge on any atom is 0.497 e. The van der Waals surface area contributed by atoms with E-state index < -0.39 is 18.3 Å². The van der Waals surface area contributed by atoms with E-state index in [4.69, 9.17) is 20.9 Å². The SMILES string of the molecule is CC1(C)OB(c2cn(C3CCC(O)CC3)c3cc(Cl)c(C#N)cc23)OC1(C)C. The van der Waals surface area contributed by atoms with Crippen molar-refractivity contribution in [3.05, 3.63) is 28.9 Å². The second kappa shape index (κ2) is 6.78. The highest BCUT2D eigenvalue weighted by molar-refractivity contribution is 6.65. The van der Waals surface area contributed by atoms with E-state index in [2.05, 4.69) is 16.8 Å². The van der Waals surface area contributed by atoms with Crippen LogP contribution in [0.25, 0.3) is 10.9 Å². The van der Waals surface area contributed by atoms with Gasteiger partial charge in [0.1, 0.15) is 6.07 Å². The van der Waals surface area contributed by atoms with Crippen LogP contribution in [0, 0.1) is 11.3 Å². The fraction of sp³-hybridized carbons (Fsp3) is 0.571. The van der Waals surface area contributed by atoms with Gasteiger partial charge in [-0.1, -0.05) is 11.6 Å². The summed E-state index contributed by atoms with van der Waals surface area (Å²) in [4.78, 5) is 0. The Balaban J connectivity index is 1.84. The van der Waals surface area contributed by atoms with Crippen LogP contribution in [0.2, 0.25) is 5.02 Å². The molecule has 0 bridgehead atoms. The Bertz CT molecular complexity index is 939. The molecule has 2 heterocycles. The van der Waals surface area contributed by atoms with Crippen molar-refractivity contribution in [1.29, 1.82) is 5.26 Å². The molecule has 148 valence electrons. The van der Waals surface area contributed by atoms with Crippen molar-refractivity contribution < 1.29 is 14.4 Å². The average molecular weight is 401 g/mol. The van der Waals surface area contributed by atoms with Crippen molar-refractivity contribution >= 4 is 35.1 Å². The van der Waals surface area contributed by atoms with E-state index >= 15 is 0 Å². The predicted octanol–water partition coefficient (Wildman–Crippen LogP) is 3.94. The third-order valence-electron chi connectivity index (χ3n) is 6.64. The Kier molecular flexibility index (Phi) is 4.79. The smallest absolute Gasteiger partial charge is 0.399 e. The van der Waals surface area contributed by atoms with Crippen LogP contribution in [0.3, 0.4) is 0 Å². The molecule has 0 radical (unpaired) electrons. The maximum atomic E-state index is 9.89. The number of nitrogens with zero attached hydrogens (tertiary/aromatic N) is 2. The number of nitriles is 1. The van der Waals surface area contributed by atoms with Gasteiger partial charge in [0.25, 0.3) is 0 Å². The minimum absolute atomic E-state index is 0.213. The lowest BCUT2D eigenvalue weighted by Crippen LogP contribution is -2.41. The van der Waals surface area contributed by atoms with Gasteiger partial charge in [-0.15, -0.1) is 0 Å². The minimum Gasteiger partial charge on any atom is -0.399 e. The molecule has 1 aliphatic heterocycles. The van der Waals surface area contributed by atoms with E-state index in [1.807, 2.05) is 39.8 Å². The van der Waals surface area contributed by atoms with E-state index in [1.54, 1.807) is 0 Å². The highest BCUT2D eigenvalue weighted by Crippen LogP contribution is 2.39. The summed E-state index contributed by atoms with van der Waals surface area (Å²) >= 11 is 6.36. The lowest BCUT2D eigenvalue weighted by atomic mass is 9.79. The molecule has 1 aliphatic carbocycles. The molecular weight excluding hydrogens is 375 g/mol. The zero-order valence-electron chi connectivity index (χ0n) is 16.8. The molecule has 4 rings (SSSR count). The van der Waals surface area contributed by atoms with Gasteiger partial charge in [-0.05, 0) is 65.5 Å². The summed E-state index contributed by atoms with van der Waals surface area (Å²) in [6, 6.07) is 6.17. The summed E-state index contributed by atoms with van der Waals surface area (Å²) in [5.41, 5.74) is 1.48. The van der Waals surface area contributed by atoms with Crippen LogP contribution >= 0.6 is 11.6 Å². The van der Waals surface area contributed by atoms with Gasteiger partial charge in [-0.2, -0.15) is 5.26 Å². The molecule has 0 amide bonds. The summed E-state index contributed by atoms with van der Waals surface area (Å²) in [6.45, 7) is 8.14. The number of rotatable bonds is 2. The molecule has 1 aromatic carbocycles. The number of fused-ring (bicyclic) bond motifs is 1. The summed E-state index contributed by atoms with van der Waals surface area (Å²) in [5, 5.41) is 20.7. The first-order valence-corrected chi connectivity index (χ1v) is 10.3. The van der Waals surface area contributed by atoms with Crippen LogP contribution in [0.1, 0.15) is 65.0 Å². The molecule has 0 unspecified atom stereocenters. The number of aliphatic hydroxyl groups excluding tert-OH is 1. The molecule has 2 aliphatic rings. The Hall–Kier alpha value is -1.52. The number of hydrogen-bond acceptors (Lipinski definition) is 4. The van der Waals surface area contributed by atoms with E-state index in [-0.39, 0.29) is 12.1 Å². The molecule has 2 aromatic rings. The normalized spacial score (nSPS) is 26.5. The minimum atomic E-state index is -0.504. The molecule has 1 aromatic heterocycles. The Morgan fingerprint density at radius 3 is 2.32 bits per heavy atom. The highest BCUT2D eigenvalue weighted by atomic mass is 35.5. The zero-order valence-corrected chi connectivity index (χ0v) is 17.6. The van der Waals surface area contributed by atoms with Crippen LogP contribution in [-0.4, -0.2) is 34.1 Å². The van der Waals surface area contributed by atoms with Gasteiger partial charge in [-0.25, -0.2) is 0 Å². The summed E-state index contributed by atoms with van der Waals surface area (Å²) in [7, 11) is -0.504. The fourth-order valence-electron chi connectivity index (χ4n) is 4.18. The monoisotopic (exact) mass is 400 g/mol. The zero-order chi connectivity index (χ0) is 20.3. The largest absolute Gasteiger partial charge is 0.497 e. The Morgan fingerprint density at radius 1 is 1.14 bits per heavy atom. The van der Waals surface area contributed by atoms with E-state index in [9.17, 15) is 10.4 Å². The lowest BCUT2D eigenvalue weighted by molar-refractivity contribution is 0.00578. The van der Waals surface area contributed by atoms with Crippen LogP contribution in [0.15, 0.2) is 18.3 Å². The molecule has 5 nitrogen and oxygen atoms in total. The topological polar surface area (TPSA) is 67.4 Å². The van der Waals surface area contributed by atoms with E-state index in [0.717, 1.165) is 42.0 Å². The summed E-state index contributed by atoms with van der Waals surface area (Å²) < 4.78 is 14.8. The molecule has 1 saturated heterocycles. The quantitative estimate of drug-likeness (QED) is 0.775. The third-order valence-corrected chi connectivity index (χ3v) is 6.95. The van der Waals surface area contributed by atoms with Crippen molar-refractivity contribution in [2.75, 3.05) is 0 Å². The van der Waals surface area contributed by atoms with Crippen molar-refractivity contribution in [2.24, 2.45) is 0 Å². The van der Waals surface area contributed by atoms with Crippen LogP contribution in [0.4, 0.5) is 0 Å². The van der Waals surface area contributed by atoms with Gasteiger partial charge in [0, 0.05) is 28.6 Å². The first kappa shape index (κ1) is 19.8. The maximum absolute atomic E-state index is 9.89. The molecule has 0 atom stereocenters. The lowest BCUT2D eigenvalue weighted by Gasteiger charge is -2.32. The molecule has 2 fully saturated rings. The molecule has 1 saturated carbocycles. The number of halogens is 1. The summed E-state index contributed by atoms with van der Waals surface area (Å²) in [6.07, 6.45) is 5.28. The molecule has 0 spiro atoms. The first-order valence-electron chi connectivity index (χ1n) is 9.91. The molecule has 1 N–H and O–H groups in total. The Labute approximate surface area is 171 Å². The fourth-order valence-corrected chi connectivity index (χ4v) is 4.38. The van der Waals surface area contributed by atoms with Crippen molar-refractivity contribution in [2.45, 2.75) is 76.7 Å². The van der Waals surface area contributed by atoms with Crippen LogP contribution < -0.4 is 5.46 Å². The standard InChI is InChI=1S/C21H26BClN2O3/c1-20(2)21(3,4)28-22(27-20)17-12-25(14-5-7-15(26)8-6-14)19-10-18(23)13(11-24)9-16(17)19/h9-10,12,14-15,26H,5-8H2,1-4H3. The molecular formula is C21H26BClN2O3. The highest BCUT2D eigenvalue weighted by Gasteiger charge is 2.52. The predicted molar refractivity (Wildman–Crippen MR) is 111 cm³/mol. The number of aromatic nitrogens is 1. The summed E-state index contributed by atoms with van der Waals surface area (Å²) in [5.74, 6) is 0. The van der Waals surface area contributed by atoms with Gasteiger partial charge in [0.2, 0.25) is 0 Å². The van der Waals surface area contributed by atoms with Crippen molar-refractivity contribution in [1.82, 2.24) is 4.57 Å². The average Bonchev–Trinajstić information content (AvgIpc) is 3.08. The van der Waals surface area contributed by atoms with Crippen LogP contribution in [0.5, 0.6) is 0 Å². The van der Waals surface area contributed by atoms with Gasteiger partial charge in [0.15, 0.2) is 0 Å². The van der Waals surface area contributed by atoms with Crippen molar-refractivity contribution in [3.63, 3.8) is 0 Å². The second-order valence-corrected chi connectivity index (χ2v) is 9.41.